The summed E-state index contributed by atoms with van der Waals surface area (Å²) in [4.78, 5) is 28.0. The fourth-order valence-electron chi connectivity index (χ4n) is 4.25. The van der Waals surface area contributed by atoms with E-state index in [-0.39, 0.29) is 11.9 Å². The number of aliphatic imine (C=N–C) groups is 1. The monoisotopic (exact) mass is 577 g/mol. The topological polar surface area (TPSA) is 65.0 Å². The summed E-state index contributed by atoms with van der Waals surface area (Å²) in [5, 5.41) is 0. The summed E-state index contributed by atoms with van der Waals surface area (Å²) < 4.78 is 10.5. The van der Waals surface area contributed by atoms with Crippen molar-refractivity contribution < 1.29 is 19.1 Å². The van der Waals surface area contributed by atoms with Crippen LogP contribution in [-0.2, 0) is 9.47 Å². The molecule has 4 aromatic rings. The Labute approximate surface area is 256 Å². The van der Waals surface area contributed by atoms with Gasteiger partial charge in [0.05, 0.1) is 30.0 Å². The van der Waals surface area contributed by atoms with E-state index in [1.54, 1.807) is 24.3 Å². The Morgan fingerprint density at radius 1 is 0.674 bits per heavy atom. The molecule has 4 aromatic carbocycles. The Morgan fingerprint density at radius 2 is 1.21 bits per heavy atom. The predicted molar refractivity (Wildman–Crippen MR) is 175 cm³/mol. The second-order valence-corrected chi connectivity index (χ2v) is 10.5. The molecule has 0 aliphatic carbocycles. The van der Waals surface area contributed by atoms with Gasteiger partial charge in [-0.2, -0.15) is 0 Å². The van der Waals surface area contributed by atoms with Crippen molar-refractivity contribution in [3.63, 3.8) is 0 Å². The van der Waals surface area contributed by atoms with Crippen LogP contribution in [0, 0.1) is 0 Å². The number of carbonyl (C=O) groups is 2. The minimum absolute atomic E-state index is 0.249. The van der Waals surface area contributed by atoms with Crippen LogP contribution in [-0.4, -0.2) is 31.4 Å². The third-order valence-electron chi connectivity index (χ3n) is 7.17. The predicted octanol–water partition coefficient (Wildman–Crippen LogP) is 9.58. The molecule has 0 amide bonds. The van der Waals surface area contributed by atoms with E-state index in [2.05, 4.69) is 56.1 Å². The quantitative estimate of drug-likeness (QED) is 0.0901. The van der Waals surface area contributed by atoms with Gasteiger partial charge in [0.25, 0.3) is 0 Å². The van der Waals surface area contributed by atoms with Crippen molar-refractivity contribution >= 4 is 23.8 Å². The number of hydrogen-bond donors (Lipinski definition) is 0. The molecule has 4 rings (SSSR count). The van der Waals surface area contributed by atoms with Gasteiger partial charge in [-0.1, -0.05) is 99.6 Å². The summed E-state index contributed by atoms with van der Waals surface area (Å²) in [5.41, 5.74) is 4.78. The summed E-state index contributed by atoms with van der Waals surface area (Å²) >= 11 is 0. The maximum Gasteiger partial charge on any atom is 0.338 e. The average molecular weight is 578 g/mol. The molecule has 224 valence electrons. The highest BCUT2D eigenvalue weighted by Gasteiger charge is 2.09. The van der Waals surface area contributed by atoms with Crippen LogP contribution in [0.1, 0.15) is 90.1 Å². The summed E-state index contributed by atoms with van der Waals surface area (Å²) in [7, 11) is 0. The molecule has 0 radical (unpaired) electrons. The Bertz CT molecular complexity index is 1390. The van der Waals surface area contributed by atoms with Gasteiger partial charge >= 0.3 is 11.9 Å². The van der Waals surface area contributed by atoms with Crippen molar-refractivity contribution in [1.82, 2.24) is 0 Å². The van der Waals surface area contributed by atoms with Gasteiger partial charge < -0.3 is 9.47 Å². The van der Waals surface area contributed by atoms with E-state index in [4.69, 9.17) is 9.47 Å². The van der Waals surface area contributed by atoms with Gasteiger partial charge in [-0.15, -0.1) is 0 Å². The summed E-state index contributed by atoms with van der Waals surface area (Å²) in [6.45, 7) is 7.42. The SMILES string of the molecule is CC(CCOC(=O)c1ccccc1)c1ccccc1.CCC(C)c1cccc(N=CCCCOC(=O)c2ccccc2)c1. The number of ether oxygens (including phenoxy) is 2. The zero-order valence-electron chi connectivity index (χ0n) is 25.5. The van der Waals surface area contributed by atoms with E-state index in [1.807, 2.05) is 66.9 Å². The van der Waals surface area contributed by atoms with Gasteiger partial charge in [-0.3, -0.25) is 4.99 Å². The van der Waals surface area contributed by atoms with E-state index in [9.17, 15) is 9.59 Å². The molecule has 0 N–H and O–H groups in total. The lowest BCUT2D eigenvalue weighted by Gasteiger charge is -2.12. The third kappa shape index (κ3) is 12.1. The molecule has 0 aliphatic rings. The Hall–Kier alpha value is -4.51. The standard InChI is InChI=1S/C21H25NO2.C17H18O2/c1-3-17(2)19-12-9-13-20(16-19)22-14-7-8-15-24-21(23)18-10-5-4-6-11-18;1-14(15-8-4-2-5-9-15)12-13-19-17(18)16-10-6-3-7-11-16/h4-6,9-14,16-17H,3,7-8,15H2,1-2H3;2-11,14H,12-13H2,1H3. The second kappa shape index (κ2) is 18.8. The zero-order valence-corrected chi connectivity index (χ0v) is 25.5. The number of nitrogens with zero attached hydrogens (tertiary/aromatic N) is 1. The molecule has 0 saturated heterocycles. The van der Waals surface area contributed by atoms with Crippen LogP contribution in [0.5, 0.6) is 0 Å². The largest absolute Gasteiger partial charge is 0.462 e. The third-order valence-corrected chi connectivity index (χ3v) is 7.17. The van der Waals surface area contributed by atoms with Crippen LogP contribution in [0.15, 0.2) is 120 Å². The van der Waals surface area contributed by atoms with Crippen LogP contribution in [0.25, 0.3) is 0 Å². The lowest BCUT2D eigenvalue weighted by Crippen LogP contribution is -2.08. The van der Waals surface area contributed by atoms with Crippen molar-refractivity contribution in [1.29, 1.82) is 0 Å². The van der Waals surface area contributed by atoms with E-state index in [0.717, 1.165) is 31.4 Å². The zero-order chi connectivity index (χ0) is 30.7. The van der Waals surface area contributed by atoms with Crippen LogP contribution >= 0.6 is 0 Å². The minimum Gasteiger partial charge on any atom is -0.462 e. The van der Waals surface area contributed by atoms with Gasteiger partial charge in [0, 0.05) is 6.21 Å². The molecule has 0 aliphatic heterocycles. The molecule has 0 spiro atoms. The van der Waals surface area contributed by atoms with Crippen molar-refractivity contribution in [3.05, 3.63) is 138 Å². The number of esters is 2. The first-order valence-corrected chi connectivity index (χ1v) is 15.1. The molecule has 0 fully saturated rings. The van der Waals surface area contributed by atoms with E-state index in [1.165, 1.54) is 11.1 Å². The van der Waals surface area contributed by atoms with Gasteiger partial charge in [0.2, 0.25) is 0 Å². The van der Waals surface area contributed by atoms with E-state index in [0.29, 0.717) is 36.2 Å². The van der Waals surface area contributed by atoms with Gasteiger partial charge in [0.15, 0.2) is 0 Å². The molecule has 0 aromatic heterocycles. The molecule has 0 heterocycles. The summed E-state index contributed by atoms with van der Waals surface area (Å²) in [6, 6.07) is 36.8. The summed E-state index contributed by atoms with van der Waals surface area (Å²) in [5.74, 6) is 0.428. The first-order valence-electron chi connectivity index (χ1n) is 15.1. The molecule has 5 nitrogen and oxygen atoms in total. The summed E-state index contributed by atoms with van der Waals surface area (Å²) in [6.07, 6.45) is 5.41. The Morgan fingerprint density at radius 3 is 1.79 bits per heavy atom. The van der Waals surface area contributed by atoms with E-state index < -0.39 is 0 Å². The highest BCUT2D eigenvalue weighted by molar-refractivity contribution is 5.89. The Kier molecular flexibility index (Phi) is 14.4. The molecule has 43 heavy (non-hydrogen) atoms. The number of hydrogen-bond acceptors (Lipinski definition) is 5. The maximum absolute atomic E-state index is 11.8. The van der Waals surface area contributed by atoms with Crippen LogP contribution in [0.2, 0.25) is 0 Å². The fourth-order valence-corrected chi connectivity index (χ4v) is 4.25. The van der Waals surface area contributed by atoms with E-state index >= 15 is 0 Å². The first kappa shape index (κ1) is 33.0. The minimum atomic E-state index is -0.270. The lowest BCUT2D eigenvalue weighted by atomic mass is 9.98. The molecular formula is C38H43NO4. The Balaban J connectivity index is 0.000000242. The number of unbranched alkanes of at least 4 members (excludes halogenated alkanes) is 1. The number of benzene rings is 4. The smallest absolute Gasteiger partial charge is 0.338 e. The lowest BCUT2D eigenvalue weighted by molar-refractivity contribution is 0.0488. The molecule has 0 saturated carbocycles. The molecule has 2 atom stereocenters. The normalized spacial score (nSPS) is 12.1. The van der Waals surface area contributed by atoms with Crippen LogP contribution in [0.4, 0.5) is 5.69 Å². The van der Waals surface area contributed by atoms with Gasteiger partial charge in [-0.05, 0) is 85.0 Å². The average Bonchev–Trinajstić information content (AvgIpc) is 3.07. The number of rotatable bonds is 13. The van der Waals surface area contributed by atoms with Crippen molar-refractivity contribution in [2.75, 3.05) is 13.2 Å². The molecule has 0 bridgehead atoms. The fraction of sp³-hybridized carbons (Fsp3) is 0.289. The molecule has 2 unspecified atom stereocenters. The van der Waals surface area contributed by atoms with Gasteiger partial charge in [-0.25, -0.2) is 9.59 Å². The number of carbonyl (C=O) groups excluding carboxylic acids is 2. The highest BCUT2D eigenvalue weighted by atomic mass is 16.5. The molecule has 5 heteroatoms. The van der Waals surface area contributed by atoms with Gasteiger partial charge in [0.1, 0.15) is 0 Å². The van der Waals surface area contributed by atoms with Crippen molar-refractivity contribution in [3.8, 4) is 0 Å². The highest BCUT2D eigenvalue weighted by Crippen LogP contribution is 2.23. The van der Waals surface area contributed by atoms with Crippen molar-refractivity contribution in [2.24, 2.45) is 4.99 Å². The first-order chi connectivity index (χ1) is 21.0. The molecular weight excluding hydrogens is 534 g/mol. The van der Waals surface area contributed by atoms with Crippen molar-refractivity contribution in [2.45, 2.75) is 58.3 Å². The van der Waals surface area contributed by atoms with Crippen LogP contribution < -0.4 is 0 Å². The second-order valence-electron chi connectivity index (χ2n) is 10.5. The van der Waals surface area contributed by atoms with Crippen LogP contribution in [0.3, 0.4) is 0 Å². The maximum atomic E-state index is 11.8.